The average Bonchev–Trinajstić information content (AvgIpc) is 2.92. The normalized spacial score (nSPS) is 50.7. The molecule has 0 spiro atoms. The molecule has 0 amide bonds. The summed E-state index contributed by atoms with van der Waals surface area (Å²) in [5, 5.41) is 0. The highest BCUT2D eigenvalue weighted by Gasteiger charge is 2.63. The Balaban J connectivity index is 1.70. The Bertz CT molecular complexity index is 554. The van der Waals surface area contributed by atoms with Crippen molar-refractivity contribution in [3.63, 3.8) is 0 Å². The van der Waals surface area contributed by atoms with Gasteiger partial charge in [0.1, 0.15) is 6.10 Å². The molecule has 0 bridgehead atoms. The minimum atomic E-state index is -0.0566. The number of fused-ring (bicyclic) bond motifs is 5. The zero-order chi connectivity index (χ0) is 18.7. The highest BCUT2D eigenvalue weighted by atomic mass is 16.5. The summed E-state index contributed by atoms with van der Waals surface area (Å²) >= 11 is 0. The second-order valence-corrected chi connectivity index (χ2v) is 11.1. The van der Waals surface area contributed by atoms with Crippen LogP contribution in [0.4, 0.5) is 0 Å². The second-order valence-electron chi connectivity index (χ2n) is 11.1. The van der Waals surface area contributed by atoms with E-state index in [4.69, 9.17) is 4.74 Å². The molecule has 2 nitrogen and oxygen atoms in total. The fourth-order valence-corrected chi connectivity index (χ4v) is 8.70. The van der Waals surface area contributed by atoms with Gasteiger partial charge in [0, 0.05) is 12.8 Å². The van der Waals surface area contributed by atoms with Crippen molar-refractivity contribution in [3.8, 4) is 0 Å². The molecular formula is C24H40O2. The standard InChI is InChI=1S/C24H40O2/c1-15(2)18-9-10-19-22-20(11-13-24(18,19)5)23(4)12-7-6-8-17(23)14-21(22)26-16(3)25/h15,17-22H,6-14H2,1-5H3. The third kappa shape index (κ3) is 2.68. The van der Waals surface area contributed by atoms with Crippen LogP contribution in [0.3, 0.4) is 0 Å². The third-order valence-electron chi connectivity index (χ3n) is 9.77. The minimum absolute atomic E-state index is 0.0566. The van der Waals surface area contributed by atoms with Crippen LogP contribution in [-0.4, -0.2) is 12.1 Å². The van der Waals surface area contributed by atoms with Crippen LogP contribution in [0, 0.1) is 46.3 Å². The minimum Gasteiger partial charge on any atom is -0.462 e. The van der Waals surface area contributed by atoms with Crippen molar-refractivity contribution < 1.29 is 9.53 Å². The number of carbonyl (C=O) groups excluding carboxylic acids is 1. The largest absolute Gasteiger partial charge is 0.462 e. The quantitative estimate of drug-likeness (QED) is 0.545. The van der Waals surface area contributed by atoms with Crippen molar-refractivity contribution in [2.24, 2.45) is 46.3 Å². The van der Waals surface area contributed by atoms with Crippen molar-refractivity contribution in [2.45, 2.75) is 98.5 Å². The summed E-state index contributed by atoms with van der Waals surface area (Å²) in [6.07, 6.45) is 12.4. The highest BCUT2D eigenvalue weighted by Crippen LogP contribution is 2.68. The van der Waals surface area contributed by atoms with Crippen LogP contribution in [0.1, 0.15) is 92.4 Å². The third-order valence-corrected chi connectivity index (χ3v) is 9.77. The number of ether oxygens (including phenoxy) is 1. The van der Waals surface area contributed by atoms with Crippen LogP contribution in [0.5, 0.6) is 0 Å². The molecule has 0 saturated heterocycles. The first-order chi connectivity index (χ1) is 12.3. The van der Waals surface area contributed by atoms with Gasteiger partial charge in [0.2, 0.25) is 0 Å². The van der Waals surface area contributed by atoms with E-state index in [0.717, 1.165) is 36.0 Å². The second kappa shape index (κ2) is 6.52. The molecule has 0 radical (unpaired) electrons. The van der Waals surface area contributed by atoms with E-state index >= 15 is 0 Å². The lowest BCUT2D eigenvalue weighted by molar-refractivity contribution is -0.189. The van der Waals surface area contributed by atoms with E-state index < -0.39 is 0 Å². The fraction of sp³-hybridized carbons (Fsp3) is 0.958. The lowest BCUT2D eigenvalue weighted by Gasteiger charge is -2.62. The summed E-state index contributed by atoms with van der Waals surface area (Å²) in [6, 6.07) is 0. The van der Waals surface area contributed by atoms with Crippen LogP contribution in [-0.2, 0) is 9.53 Å². The molecule has 0 N–H and O–H groups in total. The Morgan fingerprint density at radius 2 is 1.69 bits per heavy atom. The molecule has 8 atom stereocenters. The van der Waals surface area contributed by atoms with E-state index in [1.165, 1.54) is 51.4 Å². The summed E-state index contributed by atoms with van der Waals surface area (Å²) in [5.41, 5.74) is 0.961. The van der Waals surface area contributed by atoms with Crippen LogP contribution in [0.15, 0.2) is 0 Å². The molecule has 4 fully saturated rings. The first-order valence-corrected chi connectivity index (χ1v) is 11.4. The highest BCUT2D eigenvalue weighted by molar-refractivity contribution is 5.66. The topological polar surface area (TPSA) is 26.3 Å². The van der Waals surface area contributed by atoms with E-state index in [9.17, 15) is 4.79 Å². The Morgan fingerprint density at radius 1 is 0.962 bits per heavy atom. The Kier molecular flexibility index (Phi) is 4.72. The van der Waals surface area contributed by atoms with Gasteiger partial charge in [-0.25, -0.2) is 0 Å². The van der Waals surface area contributed by atoms with Crippen LogP contribution < -0.4 is 0 Å². The van der Waals surface area contributed by atoms with Gasteiger partial charge in [-0.1, -0.05) is 40.5 Å². The van der Waals surface area contributed by atoms with Gasteiger partial charge in [0.25, 0.3) is 0 Å². The van der Waals surface area contributed by atoms with E-state index in [2.05, 4.69) is 27.7 Å². The van der Waals surface area contributed by atoms with Gasteiger partial charge in [-0.15, -0.1) is 0 Å². The van der Waals surface area contributed by atoms with E-state index in [1.807, 2.05) is 0 Å². The van der Waals surface area contributed by atoms with E-state index in [1.54, 1.807) is 6.92 Å². The SMILES string of the molecule is CC(=O)OC1CC2CCCCC2(C)C2CCC3(C)C(C(C)C)CCC3C12. The van der Waals surface area contributed by atoms with Crippen LogP contribution in [0.25, 0.3) is 0 Å². The molecule has 0 heterocycles. The summed E-state index contributed by atoms with van der Waals surface area (Å²) in [5.74, 6) is 4.49. The predicted octanol–water partition coefficient (Wildman–Crippen LogP) is 6.23. The maximum Gasteiger partial charge on any atom is 0.302 e. The Morgan fingerprint density at radius 3 is 2.38 bits per heavy atom. The van der Waals surface area contributed by atoms with Crippen molar-refractivity contribution >= 4 is 5.97 Å². The summed E-state index contributed by atoms with van der Waals surface area (Å²) in [4.78, 5) is 11.9. The van der Waals surface area contributed by atoms with Gasteiger partial charge < -0.3 is 4.74 Å². The molecule has 0 aliphatic heterocycles. The number of hydrogen-bond donors (Lipinski definition) is 0. The van der Waals surface area contributed by atoms with Gasteiger partial charge in [-0.05, 0) is 85.4 Å². The van der Waals surface area contributed by atoms with E-state index in [0.29, 0.717) is 16.7 Å². The fourth-order valence-electron chi connectivity index (χ4n) is 8.70. The lowest BCUT2D eigenvalue weighted by atomic mass is 9.44. The average molecular weight is 361 g/mol. The molecule has 4 saturated carbocycles. The monoisotopic (exact) mass is 360 g/mol. The zero-order valence-electron chi connectivity index (χ0n) is 17.7. The van der Waals surface area contributed by atoms with Crippen molar-refractivity contribution in [3.05, 3.63) is 0 Å². The first kappa shape index (κ1) is 18.8. The van der Waals surface area contributed by atoms with Gasteiger partial charge in [0.05, 0.1) is 0 Å². The molecule has 4 aliphatic carbocycles. The molecule has 148 valence electrons. The number of esters is 1. The first-order valence-electron chi connectivity index (χ1n) is 11.4. The number of carbonyl (C=O) groups is 1. The van der Waals surface area contributed by atoms with Gasteiger partial charge in [0.15, 0.2) is 0 Å². The maximum atomic E-state index is 11.9. The molecule has 4 rings (SSSR count). The van der Waals surface area contributed by atoms with Crippen LogP contribution >= 0.6 is 0 Å². The van der Waals surface area contributed by atoms with Crippen molar-refractivity contribution in [1.29, 1.82) is 0 Å². The lowest BCUT2D eigenvalue weighted by Crippen LogP contribution is -2.58. The summed E-state index contributed by atoms with van der Waals surface area (Å²) in [6.45, 7) is 11.7. The van der Waals surface area contributed by atoms with Gasteiger partial charge in [-0.3, -0.25) is 4.79 Å². The Hall–Kier alpha value is -0.530. The predicted molar refractivity (Wildman–Crippen MR) is 106 cm³/mol. The molecule has 8 unspecified atom stereocenters. The molecule has 0 aromatic heterocycles. The number of hydrogen-bond acceptors (Lipinski definition) is 2. The summed E-state index contributed by atoms with van der Waals surface area (Å²) in [7, 11) is 0. The Labute approximate surface area is 160 Å². The maximum absolute atomic E-state index is 11.9. The smallest absolute Gasteiger partial charge is 0.302 e. The van der Waals surface area contributed by atoms with Crippen LogP contribution in [0.2, 0.25) is 0 Å². The van der Waals surface area contributed by atoms with Crippen molar-refractivity contribution in [1.82, 2.24) is 0 Å². The summed E-state index contributed by atoms with van der Waals surface area (Å²) < 4.78 is 6.06. The van der Waals surface area contributed by atoms with Gasteiger partial charge in [-0.2, -0.15) is 0 Å². The van der Waals surface area contributed by atoms with E-state index in [-0.39, 0.29) is 12.1 Å². The number of rotatable bonds is 2. The van der Waals surface area contributed by atoms with Gasteiger partial charge >= 0.3 is 5.97 Å². The molecule has 0 aromatic carbocycles. The molecular weight excluding hydrogens is 320 g/mol. The molecule has 4 aliphatic rings. The molecule has 0 aromatic rings. The van der Waals surface area contributed by atoms with Crippen molar-refractivity contribution in [2.75, 3.05) is 0 Å². The molecule has 26 heavy (non-hydrogen) atoms. The molecule has 2 heteroatoms. The zero-order valence-corrected chi connectivity index (χ0v) is 17.7.